The van der Waals surface area contributed by atoms with Crippen molar-refractivity contribution >= 4 is 16.5 Å². The molecule has 2 heterocycles. The van der Waals surface area contributed by atoms with E-state index in [4.69, 9.17) is 4.74 Å². The van der Waals surface area contributed by atoms with Crippen LogP contribution in [0.3, 0.4) is 0 Å². The van der Waals surface area contributed by atoms with Crippen molar-refractivity contribution < 1.29 is 4.74 Å². The van der Waals surface area contributed by atoms with Crippen LogP contribution in [0.1, 0.15) is 37.5 Å². The molecule has 0 N–H and O–H groups in total. The fourth-order valence-electron chi connectivity index (χ4n) is 1.98. The summed E-state index contributed by atoms with van der Waals surface area (Å²) in [4.78, 5) is 8.28. The van der Waals surface area contributed by atoms with E-state index in [-0.39, 0.29) is 0 Å². The van der Waals surface area contributed by atoms with E-state index in [2.05, 4.69) is 29.9 Å². The van der Waals surface area contributed by atoms with Crippen LogP contribution in [0.25, 0.3) is 0 Å². The van der Waals surface area contributed by atoms with Crippen LogP contribution in [0, 0.1) is 0 Å². The molecule has 1 saturated heterocycles. The van der Waals surface area contributed by atoms with Crippen molar-refractivity contribution in [1.82, 2.24) is 4.98 Å². The highest BCUT2D eigenvalue weighted by Crippen LogP contribution is 2.30. The second-order valence-corrected chi connectivity index (χ2v) is 5.38. The predicted octanol–water partition coefficient (Wildman–Crippen LogP) is 2.88. The molecule has 4 heteroatoms. The Balaban J connectivity index is 2.00. The zero-order valence-corrected chi connectivity index (χ0v) is 10.9. The first-order valence-corrected chi connectivity index (χ1v) is 6.91. The normalized spacial score (nSPS) is 18.8. The SMILES string of the molecule is CCCC(C)c1cnc(N2CCOCC2)s1. The Morgan fingerprint density at radius 1 is 1.50 bits per heavy atom. The van der Waals surface area contributed by atoms with E-state index in [9.17, 15) is 0 Å². The zero-order chi connectivity index (χ0) is 11.4. The first-order chi connectivity index (χ1) is 7.81. The molecule has 1 aliphatic rings. The average molecular weight is 240 g/mol. The molecule has 0 amide bonds. The zero-order valence-electron chi connectivity index (χ0n) is 10.1. The van der Waals surface area contributed by atoms with Crippen molar-refractivity contribution in [1.29, 1.82) is 0 Å². The maximum absolute atomic E-state index is 5.35. The molecule has 2 rings (SSSR count). The molecule has 3 nitrogen and oxygen atoms in total. The van der Waals surface area contributed by atoms with Gasteiger partial charge in [0.1, 0.15) is 0 Å². The molecule has 1 fully saturated rings. The number of ether oxygens (including phenoxy) is 1. The minimum absolute atomic E-state index is 0.650. The molecule has 1 unspecified atom stereocenters. The van der Waals surface area contributed by atoms with Gasteiger partial charge in [-0.1, -0.05) is 20.3 Å². The molecule has 0 aromatic carbocycles. The quantitative estimate of drug-likeness (QED) is 0.809. The van der Waals surface area contributed by atoms with Crippen molar-refractivity contribution in [3.05, 3.63) is 11.1 Å². The Labute approximate surface area is 101 Å². The van der Waals surface area contributed by atoms with E-state index in [0.717, 1.165) is 26.3 Å². The van der Waals surface area contributed by atoms with Crippen LogP contribution in [0.2, 0.25) is 0 Å². The highest BCUT2D eigenvalue weighted by Gasteiger charge is 2.16. The van der Waals surface area contributed by atoms with Gasteiger partial charge >= 0.3 is 0 Å². The first kappa shape index (κ1) is 11.9. The van der Waals surface area contributed by atoms with Gasteiger partial charge in [-0.25, -0.2) is 4.98 Å². The molecule has 0 bridgehead atoms. The first-order valence-electron chi connectivity index (χ1n) is 6.09. The van der Waals surface area contributed by atoms with E-state index in [1.165, 1.54) is 22.9 Å². The Morgan fingerprint density at radius 3 is 2.94 bits per heavy atom. The number of hydrogen-bond donors (Lipinski definition) is 0. The fraction of sp³-hybridized carbons (Fsp3) is 0.750. The number of thiazole rings is 1. The van der Waals surface area contributed by atoms with Crippen LogP contribution in [-0.4, -0.2) is 31.3 Å². The number of morpholine rings is 1. The average Bonchev–Trinajstić information content (AvgIpc) is 2.80. The molecule has 1 aromatic heterocycles. The van der Waals surface area contributed by atoms with Gasteiger partial charge in [0, 0.05) is 24.2 Å². The van der Waals surface area contributed by atoms with Crippen LogP contribution < -0.4 is 4.90 Å². The lowest BCUT2D eigenvalue weighted by Gasteiger charge is -2.26. The summed E-state index contributed by atoms with van der Waals surface area (Å²) in [6.45, 7) is 8.16. The van der Waals surface area contributed by atoms with Crippen molar-refractivity contribution in [3.63, 3.8) is 0 Å². The number of rotatable bonds is 4. The van der Waals surface area contributed by atoms with E-state index < -0.39 is 0 Å². The van der Waals surface area contributed by atoms with Crippen molar-refractivity contribution in [2.45, 2.75) is 32.6 Å². The van der Waals surface area contributed by atoms with Gasteiger partial charge in [0.25, 0.3) is 0 Å². The van der Waals surface area contributed by atoms with E-state index >= 15 is 0 Å². The molecule has 0 saturated carbocycles. The van der Waals surface area contributed by atoms with Crippen LogP contribution in [-0.2, 0) is 4.74 Å². The standard InChI is InChI=1S/C12H20N2OS/c1-3-4-10(2)11-9-13-12(16-11)14-5-7-15-8-6-14/h9-10H,3-8H2,1-2H3. The third-order valence-corrected chi connectivity index (χ3v) is 4.29. The molecule has 16 heavy (non-hydrogen) atoms. The van der Waals surface area contributed by atoms with Gasteiger partial charge in [-0.3, -0.25) is 0 Å². The van der Waals surface area contributed by atoms with E-state index in [0.29, 0.717) is 5.92 Å². The van der Waals surface area contributed by atoms with Gasteiger partial charge in [0.15, 0.2) is 5.13 Å². The molecule has 90 valence electrons. The van der Waals surface area contributed by atoms with Gasteiger partial charge in [-0.05, 0) is 12.3 Å². The second kappa shape index (κ2) is 5.64. The van der Waals surface area contributed by atoms with Gasteiger partial charge < -0.3 is 9.64 Å². The summed E-state index contributed by atoms with van der Waals surface area (Å²) < 4.78 is 5.35. The monoisotopic (exact) mass is 240 g/mol. The van der Waals surface area contributed by atoms with Crippen LogP contribution in [0.15, 0.2) is 6.20 Å². The molecule has 0 radical (unpaired) electrons. The predicted molar refractivity (Wildman–Crippen MR) is 68.5 cm³/mol. The summed E-state index contributed by atoms with van der Waals surface area (Å²) in [6, 6.07) is 0. The Kier molecular flexibility index (Phi) is 4.18. The summed E-state index contributed by atoms with van der Waals surface area (Å²) >= 11 is 1.85. The number of nitrogens with zero attached hydrogens (tertiary/aromatic N) is 2. The summed E-state index contributed by atoms with van der Waals surface area (Å²) in [7, 11) is 0. The molecule has 1 atom stereocenters. The lowest BCUT2D eigenvalue weighted by atomic mass is 10.1. The second-order valence-electron chi connectivity index (χ2n) is 4.33. The van der Waals surface area contributed by atoms with Crippen LogP contribution in [0.4, 0.5) is 5.13 Å². The Morgan fingerprint density at radius 2 is 2.25 bits per heavy atom. The number of anilines is 1. The van der Waals surface area contributed by atoms with Crippen molar-refractivity contribution in [2.24, 2.45) is 0 Å². The van der Waals surface area contributed by atoms with Crippen molar-refractivity contribution in [3.8, 4) is 0 Å². The Hall–Kier alpha value is -0.610. The number of aromatic nitrogens is 1. The fourth-order valence-corrected chi connectivity index (χ4v) is 3.03. The largest absolute Gasteiger partial charge is 0.378 e. The highest BCUT2D eigenvalue weighted by atomic mass is 32.1. The number of hydrogen-bond acceptors (Lipinski definition) is 4. The Bertz CT molecular complexity index is 321. The lowest BCUT2D eigenvalue weighted by Crippen LogP contribution is -2.36. The molecule has 1 aliphatic heterocycles. The van der Waals surface area contributed by atoms with Crippen molar-refractivity contribution in [2.75, 3.05) is 31.2 Å². The minimum Gasteiger partial charge on any atom is -0.378 e. The molecular weight excluding hydrogens is 220 g/mol. The maximum Gasteiger partial charge on any atom is 0.185 e. The van der Waals surface area contributed by atoms with Gasteiger partial charge in [-0.15, -0.1) is 11.3 Å². The highest BCUT2D eigenvalue weighted by molar-refractivity contribution is 7.15. The summed E-state index contributed by atoms with van der Waals surface area (Å²) in [6.07, 6.45) is 4.55. The topological polar surface area (TPSA) is 25.4 Å². The molecule has 0 aliphatic carbocycles. The molecule has 1 aromatic rings. The minimum atomic E-state index is 0.650. The molecular formula is C12H20N2OS. The molecule has 0 spiro atoms. The summed E-state index contributed by atoms with van der Waals surface area (Å²) in [5.74, 6) is 0.650. The summed E-state index contributed by atoms with van der Waals surface area (Å²) in [5, 5.41) is 1.17. The maximum atomic E-state index is 5.35. The van der Waals surface area contributed by atoms with Crippen LogP contribution >= 0.6 is 11.3 Å². The third-order valence-electron chi connectivity index (χ3n) is 3.00. The van der Waals surface area contributed by atoms with Crippen LogP contribution in [0.5, 0.6) is 0 Å². The van der Waals surface area contributed by atoms with Gasteiger partial charge in [0.05, 0.1) is 13.2 Å². The summed E-state index contributed by atoms with van der Waals surface area (Å²) in [5.41, 5.74) is 0. The lowest BCUT2D eigenvalue weighted by molar-refractivity contribution is 0.122. The van der Waals surface area contributed by atoms with E-state index in [1.54, 1.807) is 0 Å². The van der Waals surface area contributed by atoms with E-state index in [1.807, 2.05) is 11.3 Å². The third kappa shape index (κ3) is 2.74. The smallest absolute Gasteiger partial charge is 0.185 e. The van der Waals surface area contributed by atoms with Gasteiger partial charge in [-0.2, -0.15) is 0 Å². The van der Waals surface area contributed by atoms with Gasteiger partial charge in [0.2, 0.25) is 0 Å².